The van der Waals surface area contributed by atoms with E-state index in [4.69, 9.17) is 4.74 Å². The molecule has 166 valence electrons. The van der Waals surface area contributed by atoms with Gasteiger partial charge < -0.3 is 4.74 Å². The van der Waals surface area contributed by atoms with Crippen LogP contribution < -0.4 is 9.64 Å². The molecule has 0 aromatic heterocycles. The van der Waals surface area contributed by atoms with E-state index in [1.807, 2.05) is 103 Å². The lowest BCUT2D eigenvalue weighted by atomic mass is 10.2. The third kappa shape index (κ3) is 4.92. The molecule has 34 heavy (non-hydrogen) atoms. The van der Waals surface area contributed by atoms with E-state index in [1.54, 1.807) is 22.9 Å². The Labute approximate surface area is 202 Å². The second-order valence-electron chi connectivity index (χ2n) is 7.55. The molecule has 6 heteroatoms. The fourth-order valence-electron chi connectivity index (χ4n) is 3.61. The first kappa shape index (κ1) is 21.7. The molecule has 5 nitrogen and oxygen atoms in total. The quantitative estimate of drug-likeness (QED) is 0.242. The lowest BCUT2D eigenvalue weighted by Gasteiger charge is -2.29. The molecule has 4 aromatic carbocycles. The van der Waals surface area contributed by atoms with Gasteiger partial charge in [-0.05, 0) is 47.5 Å². The summed E-state index contributed by atoms with van der Waals surface area (Å²) in [7, 11) is 0. The minimum atomic E-state index is -0.253. The van der Waals surface area contributed by atoms with E-state index < -0.39 is 0 Å². The van der Waals surface area contributed by atoms with E-state index in [1.165, 1.54) is 6.21 Å². The van der Waals surface area contributed by atoms with E-state index in [-0.39, 0.29) is 5.91 Å². The molecular formula is C28H21N3O2S. The van der Waals surface area contributed by atoms with Gasteiger partial charge in [-0.2, -0.15) is 10.2 Å². The number of fused-ring (bicyclic) bond motifs is 2. The van der Waals surface area contributed by atoms with Crippen LogP contribution in [-0.2, 0) is 11.4 Å². The monoisotopic (exact) mass is 463 g/mol. The standard InChI is InChI=1S/C28H21N3O2S/c32-28(31-24-13-4-6-15-26(24)34-27-16-7-5-14-25(27)31)19-30-29-18-22-11-8-12-23(17-22)33-20-21-9-2-1-3-10-21/h1-19H,20H2/b29-18-,30-19+. The number of ether oxygens (including phenoxy) is 1. The summed E-state index contributed by atoms with van der Waals surface area (Å²) in [4.78, 5) is 16.8. The number of carbonyl (C=O) groups is 1. The summed E-state index contributed by atoms with van der Waals surface area (Å²) in [6.07, 6.45) is 2.85. The summed E-state index contributed by atoms with van der Waals surface area (Å²) < 4.78 is 5.86. The second kappa shape index (κ2) is 10.2. The average molecular weight is 464 g/mol. The molecule has 0 saturated carbocycles. The predicted molar refractivity (Wildman–Crippen MR) is 137 cm³/mol. The maximum Gasteiger partial charge on any atom is 0.275 e. The van der Waals surface area contributed by atoms with Gasteiger partial charge in [-0.3, -0.25) is 9.69 Å². The summed E-state index contributed by atoms with van der Waals surface area (Å²) >= 11 is 1.65. The highest BCUT2D eigenvalue weighted by Gasteiger charge is 2.26. The van der Waals surface area contributed by atoms with Crippen LogP contribution in [0.2, 0.25) is 0 Å². The van der Waals surface area contributed by atoms with Gasteiger partial charge in [0.25, 0.3) is 5.91 Å². The lowest BCUT2D eigenvalue weighted by molar-refractivity contribution is -0.111. The first-order valence-electron chi connectivity index (χ1n) is 10.8. The highest BCUT2D eigenvalue weighted by molar-refractivity contribution is 7.99. The van der Waals surface area contributed by atoms with E-state index in [0.29, 0.717) is 6.61 Å². The van der Waals surface area contributed by atoms with Crippen molar-refractivity contribution in [1.29, 1.82) is 0 Å². The van der Waals surface area contributed by atoms with Crippen molar-refractivity contribution in [2.24, 2.45) is 10.2 Å². The molecule has 5 rings (SSSR count). The highest BCUT2D eigenvalue weighted by Crippen LogP contribution is 2.47. The van der Waals surface area contributed by atoms with Gasteiger partial charge in [-0.25, -0.2) is 0 Å². The second-order valence-corrected chi connectivity index (χ2v) is 8.63. The zero-order valence-electron chi connectivity index (χ0n) is 18.2. The maximum atomic E-state index is 13.1. The van der Waals surface area contributed by atoms with Crippen LogP contribution in [0, 0.1) is 0 Å². The van der Waals surface area contributed by atoms with Crippen molar-refractivity contribution in [3.05, 3.63) is 114 Å². The van der Waals surface area contributed by atoms with Crippen LogP contribution in [0.1, 0.15) is 11.1 Å². The predicted octanol–water partition coefficient (Wildman–Crippen LogP) is 6.50. The van der Waals surface area contributed by atoms with Crippen LogP contribution in [0.15, 0.2) is 123 Å². The first-order chi connectivity index (χ1) is 16.8. The SMILES string of the molecule is O=C(/C=N/N=C\c1cccc(OCc2ccccc2)c1)N1c2ccccc2Sc2ccccc21. The zero-order chi connectivity index (χ0) is 23.2. The molecule has 0 spiro atoms. The molecule has 1 aliphatic rings. The van der Waals surface area contributed by atoms with E-state index in [9.17, 15) is 4.79 Å². The summed E-state index contributed by atoms with van der Waals surface area (Å²) in [5.74, 6) is 0.490. The molecule has 1 heterocycles. The third-order valence-electron chi connectivity index (χ3n) is 5.20. The van der Waals surface area contributed by atoms with Gasteiger partial charge in [0.15, 0.2) is 0 Å². The number of rotatable bonds is 6. The molecule has 0 aliphatic carbocycles. The number of carbonyl (C=O) groups excluding carboxylic acids is 1. The smallest absolute Gasteiger partial charge is 0.275 e. The van der Waals surface area contributed by atoms with Crippen molar-refractivity contribution in [2.75, 3.05) is 4.90 Å². The van der Waals surface area contributed by atoms with Crippen molar-refractivity contribution < 1.29 is 9.53 Å². The first-order valence-corrected chi connectivity index (χ1v) is 11.6. The summed E-state index contributed by atoms with van der Waals surface area (Å²) in [6.45, 7) is 0.491. The van der Waals surface area contributed by atoms with Gasteiger partial charge >= 0.3 is 0 Å². The van der Waals surface area contributed by atoms with Crippen molar-refractivity contribution >= 4 is 41.5 Å². The molecule has 0 radical (unpaired) electrons. The van der Waals surface area contributed by atoms with Crippen molar-refractivity contribution in [3.8, 4) is 5.75 Å². The maximum absolute atomic E-state index is 13.1. The summed E-state index contributed by atoms with van der Waals surface area (Å²) in [5, 5.41) is 8.10. The number of amides is 1. The van der Waals surface area contributed by atoms with E-state index in [0.717, 1.165) is 38.0 Å². The molecule has 0 bridgehead atoms. The van der Waals surface area contributed by atoms with E-state index >= 15 is 0 Å². The van der Waals surface area contributed by atoms with Gasteiger partial charge in [0.05, 0.1) is 17.6 Å². The minimum Gasteiger partial charge on any atom is -0.489 e. The van der Waals surface area contributed by atoms with Crippen LogP contribution in [-0.4, -0.2) is 18.3 Å². The van der Waals surface area contributed by atoms with Crippen LogP contribution in [0.4, 0.5) is 11.4 Å². The third-order valence-corrected chi connectivity index (χ3v) is 6.33. The fourth-order valence-corrected chi connectivity index (χ4v) is 4.67. The van der Waals surface area contributed by atoms with E-state index in [2.05, 4.69) is 10.2 Å². The Bertz CT molecular complexity index is 1320. The molecular weight excluding hydrogens is 442 g/mol. The van der Waals surface area contributed by atoms with Crippen LogP contribution >= 0.6 is 11.8 Å². The Morgan fingerprint density at radius 2 is 1.47 bits per heavy atom. The lowest BCUT2D eigenvalue weighted by Crippen LogP contribution is -2.29. The highest BCUT2D eigenvalue weighted by atomic mass is 32.2. The number of hydrogen-bond donors (Lipinski definition) is 0. The van der Waals surface area contributed by atoms with Crippen LogP contribution in [0.25, 0.3) is 0 Å². The number of nitrogens with zero attached hydrogens (tertiary/aromatic N) is 3. The molecule has 0 N–H and O–H groups in total. The van der Waals surface area contributed by atoms with Crippen molar-refractivity contribution in [1.82, 2.24) is 0 Å². The molecule has 1 amide bonds. The Morgan fingerprint density at radius 1 is 0.794 bits per heavy atom. The molecule has 0 saturated heterocycles. The van der Waals surface area contributed by atoms with Crippen LogP contribution in [0.3, 0.4) is 0 Å². The summed E-state index contributed by atoms with van der Waals surface area (Å²) in [6, 6.07) is 33.3. The zero-order valence-corrected chi connectivity index (χ0v) is 19.1. The van der Waals surface area contributed by atoms with Gasteiger partial charge in [0, 0.05) is 9.79 Å². The Morgan fingerprint density at radius 3 is 2.21 bits per heavy atom. The van der Waals surface area contributed by atoms with Crippen molar-refractivity contribution in [3.63, 3.8) is 0 Å². The molecule has 4 aromatic rings. The minimum absolute atomic E-state index is 0.253. The van der Waals surface area contributed by atoms with Crippen LogP contribution in [0.5, 0.6) is 5.75 Å². The molecule has 0 fully saturated rings. The van der Waals surface area contributed by atoms with Gasteiger partial charge in [-0.1, -0.05) is 78.5 Å². The Hall–Kier alpha value is -4.16. The topological polar surface area (TPSA) is 54.3 Å². The molecule has 1 aliphatic heterocycles. The molecule has 0 atom stereocenters. The number of para-hydroxylation sites is 2. The number of hydrogen-bond acceptors (Lipinski definition) is 5. The number of benzene rings is 4. The van der Waals surface area contributed by atoms with Gasteiger partial charge in [0.2, 0.25) is 0 Å². The molecule has 0 unspecified atom stereocenters. The summed E-state index contributed by atoms with van der Waals surface area (Å²) in [5.41, 5.74) is 3.62. The van der Waals surface area contributed by atoms with Crippen molar-refractivity contribution in [2.45, 2.75) is 16.4 Å². The fraction of sp³-hybridized carbons (Fsp3) is 0.0357. The van der Waals surface area contributed by atoms with Gasteiger partial charge in [-0.15, -0.1) is 0 Å². The Kier molecular flexibility index (Phi) is 6.49. The average Bonchev–Trinajstić information content (AvgIpc) is 2.89. The Balaban J connectivity index is 1.28. The normalized spacial score (nSPS) is 12.5. The van der Waals surface area contributed by atoms with Gasteiger partial charge in [0.1, 0.15) is 18.6 Å². The largest absolute Gasteiger partial charge is 0.489 e. The number of anilines is 2.